The first-order chi connectivity index (χ1) is 15.8. The molecule has 0 radical (unpaired) electrons. The van der Waals surface area contributed by atoms with Crippen molar-refractivity contribution in [3.8, 4) is 0 Å². The molecule has 0 atom stereocenters. The van der Waals surface area contributed by atoms with E-state index in [9.17, 15) is 26.4 Å². The van der Waals surface area contributed by atoms with E-state index >= 15 is 0 Å². The Morgan fingerprint density at radius 2 is 1.68 bits per heavy atom. The van der Waals surface area contributed by atoms with Crippen LogP contribution in [-0.4, -0.2) is 79.5 Å². The number of nitrogens with one attached hydrogen (secondary N) is 1. The van der Waals surface area contributed by atoms with Gasteiger partial charge in [-0.25, -0.2) is 13.2 Å². The number of carboxylic acids is 1. The maximum atomic E-state index is 13.5. The molecule has 1 saturated heterocycles. The van der Waals surface area contributed by atoms with Crippen molar-refractivity contribution in [3.63, 3.8) is 0 Å². The molecule has 1 aromatic carbocycles. The lowest BCUT2D eigenvalue weighted by Gasteiger charge is -2.35. The number of piperazine rings is 1. The van der Waals surface area contributed by atoms with Gasteiger partial charge in [0, 0.05) is 32.2 Å². The molecular weight excluding hydrogens is 475 g/mol. The Kier molecular flexibility index (Phi) is 9.89. The third-order valence-electron chi connectivity index (χ3n) is 5.90. The van der Waals surface area contributed by atoms with Crippen LogP contribution in [0, 0.1) is 13.8 Å². The third kappa shape index (κ3) is 7.67. The van der Waals surface area contributed by atoms with Gasteiger partial charge in [0.25, 0.3) is 0 Å². The number of carbonyl (C=O) groups is 2. The maximum absolute atomic E-state index is 13.5. The first-order valence-electron chi connectivity index (χ1n) is 11.2. The van der Waals surface area contributed by atoms with E-state index in [0.717, 1.165) is 56.3 Å². The quantitative estimate of drug-likeness (QED) is 0.635. The van der Waals surface area contributed by atoms with Crippen LogP contribution in [0.15, 0.2) is 23.1 Å². The van der Waals surface area contributed by atoms with E-state index in [0.29, 0.717) is 18.0 Å². The molecule has 34 heavy (non-hydrogen) atoms. The van der Waals surface area contributed by atoms with Crippen molar-refractivity contribution in [2.75, 3.05) is 32.7 Å². The first kappa shape index (κ1) is 28.1. The Labute approximate surface area is 198 Å². The minimum atomic E-state index is -5.08. The summed E-state index contributed by atoms with van der Waals surface area (Å²) in [6.07, 6.45) is -0.242. The number of alkyl halides is 3. The van der Waals surface area contributed by atoms with Crippen molar-refractivity contribution < 1.29 is 36.3 Å². The lowest BCUT2D eigenvalue weighted by molar-refractivity contribution is -0.192. The van der Waals surface area contributed by atoms with Gasteiger partial charge in [0.2, 0.25) is 15.9 Å². The predicted octanol–water partition coefficient (Wildman–Crippen LogP) is 2.69. The number of hydrogen-bond acceptors (Lipinski definition) is 5. The molecule has 0 unspecified atom stereocenters. The molecule has 1 aliphatic heterocycles. The highest BCUT2D eigenvalue weighted by atomic mass is 32.2. The zero-order valence-electron chi connectivity index (χ0n) is 19.4. The van der Waals surface area contributed by atoms with Gasteiger partial charge in [0.15, 0.2) is 0 Å². The number of aryl methyl sites for hydroxylation is 2. The summed E-state index contributed by atoms with van der Waals surface area (Å²) in [6.45, 7) is 6.54. The minimum absolute atomic E-state index is 0.0552. The van der Waals surface area contributed by atoms with Crippen LogP contribution in [-0.2, 0) is 19.6 Å². The zero-order chi connectivity index (χ0) is 25.5. The molecule has 12 heteroatoms. The fourth-order valence-electron chi connectivity index (χ4n) is 4.14. The van der Waals surface area contributed by atoms with Crippen LogP contribution in [0.5, 0.6) is 0 Å². The molecule has 1 heterocycles. The number of carbonyl (C=O) groups excluding carboxylic acids is 1. The average molecular weight is 508 g/mol. The third-order valence-corrected chi connectivity index (χ3v) is 7.96. The Bertz CT molecular complexity index is 957. The van der Waals surface area contributed by atoms with Crippen LogP contribution in [0.3, 0.4) is 0 Å². The van der Waals surface area contributed by atoms with Crippen molar-refractivity contribution in [2.45, 2.75) is 63.1 Å². The summed E-state index contributed by atoms with van der Waals surface area (Å²) in [4.78, 5) is 23.9. The zero-order valence-corrected chi connectivity index (χ0v) is 20.2. The summed E-state index contributed by atoms with van der Waals surface area (Å²) in [6, 6.07) is 5.32. The van der Waals surface area contributed by atoms with Gasteiger partial charge in [0.05, 0.1) is 11.4 Å². The number of benzene rings is 1. The van der Waals surface area contributed by atoms with Crippen molar-refractivity contribution in [1.29, 1.82) is 0 Å². The van der Waals surface area contributed by atoms with Crippen molar-refractivity contribution in [1.82, 2.24) is 14.5 Å². The second-order valence-corrected chi connectivity index (χ2v) is 10.4. The highest BCUT2D eigenvalue weighted by Gasteiger charge is 2.38. The second kappa shape index (κ2) is 12.0. The fraction of sp³-hybridized carbons (Fsp3) is 0.636. The fourth-order valence-corrected chi connectivity index (χ4v) is 5.98. The smallest absolute Gasteiger partial charge is 0.475 e. The summed E-state index contributed by atoms with van der Waals surface area (Å²) in [7, 11) is -3.71. The molecule has 0 aromatic heterocycles. The lowest BCUT2D eigenvalue weighted by Crippen LogP contribution is -2.52. The van der Waals surface area contributed by atoms with Gasteiger partial charge in [-0.3, -0.25) is 4.79 Å². The molecule has 3 rings (SSSR count). The summed E-state index contributed by atoms with van der Waals surface area (Å²) in [5.41, 5.74) is 1.78. The number of rotatable bonds is 5. The van der Waals surface area contributed by atoms with Gasteiger partial charge >= 0.3 is 12.1 Å². The Morgan fingerprint density at radius 3 is 2.18 bits per heavy atom. The van der Waals surface area contributed by atoms with Crippen molar-refractivity contribution >= 4 is 21.9 Å². The largest absolute Gasteiger partial charge is 0.490 e. The van der Waals surface area contributed by atoms with E-state index in [-0.39, 0.29) is 18.5 Å². The van der Waals surface area contributed by atoms with E-state index < -0.39 is 22.2 Å². The first-order valence-corrected chi connectivity index (χ1v) is 12.7. The van der Waals surface area contributed by atoms with Gasteiger partial charge in [-0.05, 0) is 38.3 Å². The van der Waals surface area contributed by atoms with Gasteiger partial charge in [-0.15, -0.1) is 0 Å². The van der Waals surface area contributed by atoms with Crippen LogP contribution in [0.4, 0.5) is 13.2 Å². The number of amides is 1. The number of hydrogen-bond donors (Lipinski definition) is 2. The summed E-state index contributed by atoms with van der Waals surface area (Å²) in [5.74, 6) is -2.84. The van der Waals surface area contributed by atoms with Gasteiger partial charge < -0.3 is 15.3 Å². The number of halogens is 3. The number of aliphatic carboxylic acids is 1. The Hall–Kier alpha value is -2.18. The van der Waals surface area contributed by atoms with Crippen LogP contribution < -0.4 is 5.32 Å². The van der Waals surface area contributed by atoms with Crippen LogP contribution in [0.2, 0.25) is 0 Å². The highest BCUT2D eigenvalue weighted by Crippen LogP contribution is 2.29. The van der Waals surface area contributed by atoms with E-state index in [1.54, 1.807) is 11.0 Å². The Morgan fingerprint density at radius 1 is 1.12 bits per heavy atom. The van der Waals surface area contributed by atoms with E-state index in [4.69, 9.17) is 9.90 Å². The van der Waals surface area contributed by atoms with Crippen LogP contribution in [0.1, 0.15) is 43.2 Å². The van der Waals surface area contributed by atoms with Crippen molar-refractivity contribution in [3.05, 3.63) is 29.3 Å². The molecule has 0 bridgehead atoms. The predicted molar refractivity (Wildman–Crippen MR) is 120 cm³/mol. The number of carboxylic acid groups (broad SMARTS) is 1. The Balaban J connectivity index is 0.000000509. The second-order valence-electron chi connectivity index (χ2n) is 8.54. The molecule has 1 saturated carbocycles. The average Bonchev–Trinajstić information content (AvgIpc) is 2.78. The molecule has 0 spiro atoms. The standard InChI is InChI=1S/C20H31N3O3S.C2HF3O2/c1-16-8-9-19(17(2)14-16)27(25,26)23(18-6-4-3-5-7-18)15-20(24)22-12-10-21-11-13-22;3-2(4,5)1(6)7/h8-9,14,18,21H,3-7,10-13,15H2,1-2H3;(H,6,7). The molecule has 1 aromatic rings. The normalized spacial score (nSPS) is 17.8. The molecule has 192 valence electrons. The minimum Gasteiger partial charge on any atom is -0.475 e. The molecule has 2 N–H and O–H groups in total. The lowest BCUT2D eigenvalue weighted by atomic mass is 9.95. The van der Waals surface area contributed by atoms with Gasteiger partial charge in [-0.2, -0.15) is 17.5 Å². The van der Waals surface area contributed by atoms with Gasteiger partial charge in [0.1, 0.15) is 0 Å². The topological polar surface area (TPSA) is 107 Å². The molecule has 2 fully saturated rings. The van der Waals surface area contributed by atoms with E-state index in [2.05, 4.69) is 5.32 Å². The molecule has 1 amide bonds. The summed E-state index contributed by atoms with van der Waals surface area (Å²) >= 11 is 0. The number of nitrogens with zero attached hydrogens (tertiary/aromatic N) is 2. The highest BCUT2D eigenvalue weighted by molar-refractivity contribution is 7.89. The molecular formula is C22H32F3N3O5S. The van der Waals surface area contributed by atoms with E-state index in [1.807, 2.05) is 26.0 Å². The van der Waals surface area contributed by atoms with Gasteiger partial charge in [-0.1, -0.05) is 37.0 Å². The summed E-state index contributed by atoms with van der Waals surface area (Å²) in [5, 5.41) is 10.4. The molecule has 2 aliphatic rings. The maximum Gasteiger partial charge on any atom is 0.490 e. The SMILES string of the molecule is Cc1ccc(S(=O)(=O)N(CC(=O)N2CCNCC2)C2CCCCC2)c(C)c1.O=C(O)C(F)(F)F. The molecule has 1 aliphatic carbocycles. The van der Waals surface area contributed by atoms with Crippen LogP contribution >= 0.6 is 0 Å². The van der Waals surface area contributed by atoms with Crippen LogP contribution in [0.25, 0.3) is 0 Å². The monoisotopic (exact) mass is 507 g/mol. The summed E-state index contributed by atoms with van der Waals surface area (Å²) < 4.78 is 60.3. The van der Waals surface area contributed by atoms with Crippen molar-refractivity contribution in [2.24, 2.45) is 0 Å². The molecule has 8 nitrogen and oxygen atoms in total. The number of sulfonamides is 1. The van der Waals surface area contributed by atoms with E-state index in [1.165, 1.54) is 4.31 Å².